The van der Waals surface area contributed by atoms with Gasteiger partial charge in [0.05, 0.1) is 30.5 Å². The first-order valence-electron chi connectivity index (χ1n) is 8.83. The Kier molecular flexibility index (Phi) is 4.61. The lowest BCUT2D eigenvalue weighted by Gasteiger charge is -2.28. The van der Waals surface area contributed by atoms with Crippen molar-refractivity contribution in [3.63, 3.8) is 0 Å². The van der Waals surface area contributed by atoms with Crippen molar-refractivity contribution >= 4 is 11.7 Å². The molecular weight excluding hydrogens is 316 g/mol. The minimum Gasteiger partial charge on any atom is -0.378 e. The number of rotatable bonds is 3. The minimum absolute atomic E-state index is 0.0363. The first-order chi connectivity index (χ1) is 12.3. The second-order valence-corrected chi connectivity index (χ2v) is 6.42. The van der Waals surface area contributed by atoms with Gasteiger partial charge >= 0.3 is 0 Å². The predicted octanol–water partition coefficient (Wildman–Crippen LogP) is 2.29. The van der Waals surface area contributed by atoms with Crippen LogP contribution < -0.4 is 4.90 Å². The molecule has 2 fully saturated rings. The highest BCUT2D eigenvalue weighted by Gasteiger charge is 2.31. The molecule has 0 radical (unpaired) electrons. The molecule has 0 aromatic carbocycles. The van der Waals surface area contributed by atoms with Gasteiger partial charge in [0.25, 0.3) is 5.91 Å². The van der Waals surface area contributed by atoms with E-state index in [9.17, 15) is 4.79 Å². The van der Waals surface area contributed by atoms with E-state index >= 15 is 0 Å². The maximum Gasteiger partial charge on any atom is 0.255 e. The lowest BCUT2D eigenvalue weighted by Crippen LogP contribution is -2.36. The summed E-state index contributed by atoms with van der Waals surface area (Å²) in [6, 6.07) is 9.75. The summed E-state index contributed by atoms with van der Waals surface area (Å²) in [5, 5.41) is 0. The van der Waals surface area contributed by atoms with Crippen molar-refractivity contribution in [2.24, 2.45) is 0 Å². The Morgan fingerprint density at radius 2 is 1.96 bits per heavy atom. The van der Waals surface area contributed by atoms with E-state index in [-0.39, 0.29) is 11.9 Å². The van der Waals surface area contributed by atoms with E-state index in [1.807, 2.05) is 35.2 Å². The Bertz CT molecular complexity index is 714. The molecule has 2 aromatic rings. The molecule has 1 atom stereocenters. The van der Waals surface area contributed by atoms with Gasteiger partial charge in [0, 0.05) is 32.0 Å². The van der Waals surface area contributed by atoms with Crippen LogP contribution in [0.25, 0.3) is 0 Å². The number of carbonyl (C=O) groups excluding carboxylic acids is 1. The number of hydrogen-bond acceptors (Lipinski definition) is 5. The predicted molar refractivity (Wildman–Crippen MR) is 94.5 cm³/mol. The van der Waals surface area contributed by atoms with E-state index in [4.69, 9.17) is 4.74 Å². The smallest absolute Gasteiger partial charge is 0.255 e. The largest absolute Gasteiger partial charge is 0.378 e. The molecule has 0 bridgehead atoms. The van der Waals surface area contributed by atoms with Crippen molar-refractivity contribution in [2.75, 3.05) is 37.7 Å². The van der Waals surface area contributed by atoms with Crippen LogP contribution in [0.4, 0.5) is 5.82 Å². The Hall–Kier alpha value is -2.47. The zero-order valence-corrected chi connectivity index (χ0v) is 14.2. The van der Waals surface area contributed by atoms with Crippen molar-refractivity contribution in [3.8, 4) is 0 Å². The molecule has 0 aliphatic carbocycles. The molecule has 0 N–H and O–H groups in total. The number of aromatic nitrogens is 2. The van der Waals surface area contributed by atoms with Gasteiger partial charge in [0.15, 0.2) is 0 Å². The van der Waals surface area contributed by atoms with Gasteiger partial charge in [-0.2, -0.15) is 0 Å². The molecule has 130 valence electrons. The van der Waals surface area contributed by atoms with Crippen LogP contribution in [0, 0.1) is 0 Å². The Morgan fingerprint density at radius 1 is 1.08 bits per heavy atom. The number of ether oxygens (including phenoxy) is 1. The van der Waals surface area contributed by atoms with Crippen LogP contribution in [0.1, 0.15) is 34.9 Å². The van der Waals surface area contributed by atoms with Crippen molar-refractivity contribution < 1.29 is 9.53 Å². The number of anilines is 1. The number of likely N-dealkylation sites (tertiary alicyclic amines) is 1. The lowest BCUT2D eigenvalue weighted by atomic mass is 10.1. The van der Waals surface area contributed by atoms with E-state index in [1.54, 1.807) is 12.4 Å². The highest BCUT2D eigenvalue weighted by atomic mass is 16.5. The topological polar surface area (TPSA) is 58.6 Å². The molecule has 4 rings (SSSR count). The number of amides is 1. The minimum atomic E-state index is 0.0363. The summed E-state index contributed by atoms with van der Waals surface area (Å²) in [5.74, 6) is 0.941. The molecule has 0 saturated carbocycles. The number of morpholine rings is 1. The molecule has 1 unspecified atom stereocenters. The zero-order chi connectivity index (χ0) is 17.1. The molecule has 6 heteroatoms. The van der Waals surface area contributed by atoms with Crippen LogP contribution >= 0.6 is 0 Å². The maximum atomic E-state index is 12.9. The van der Waals surface area contributed by atoms with Crippen molar-refractivity contribution in [3.05, 3.63) is 54.0 Å². The van der Waals surface area contributed by atoms with Gasteiger partial charge < -0.3 is 14.5 Å². The summed E-state index contributed by atoms with van der Waals surface area (Å²) >= 11 is 0. The summed E-state index contributed by atoms with van der Waals surface area (Å²) in [6.45, 7) is 3.90. The summed E-state index contributed by atoms with van der Waals surface area (Å²) in [7, 11) is 0. The fourth-order valence-electron chi connectivity index (χ4n) is 3.55. The molecule has 25 heavy (non-hydrogen) atoms. The lowest BCUT2D eigenvalue weighted by molar-refractivity contribution is 0.0732. The highest BCUT2D eigenvalue weighted by molar-refractivity contribution is 5.94. The number of hydrogen-bond donors (Lipinski definition) is 0. The fraction of sp³-hybridized carbons (Fsp3) is 0.421. The SMILES string of the molecule is O=C(c1ccc(N2CCOCC2)nc1)N1CCCC1c1ccccn1. The van der Waals surface area contributed by atoms with Crippen LogP contribution in [0.3, 0.4) is 0 Å². The molecule has 2 aliphatic heterocycles. The average Bonchev–Trinajstić information content (AvgIpc) is 3.19. The van der Waals surface area contributed by atoms with Crippen LogP contribution in [0.2, 0.25) is 0 Å². The summed E-state index contributed by atoms with van der Waals surface area (Å²) in [5.41, 5.74) is 1.60. The average molecular weight is 338 g/mol. The molecule has 2 aromatic heterocycles. The van der Waals surface area contributed by atoms with E-state index in [0.717, 1.165) is 57.2 Å². The normalized spacial score (nSPS) is 20.7. The van der Waals surface area contributed by atoms with Crippen molar-refractivity contribution in [1.29, 1.82) is 0 Å². The van der Waals surface area contributed by atoms with Gasteiger partial charge in [0.1, 0.15) is 5.82 Å². The van der Waals surface area contributed by atoms with E-state index in [1.165, 1.54) is 0 Å². The van der Waals surface area contributed by atoms with Crippen LogP contribution in [-0.4, -0.2) is 53.6 Å². The van der Waals surface area contributed by atoms with Gasteiger partial charge in [-0.25, -0.2) is 4.98 Å². The van der Waals surface area contributed by atoms with E-state index < -0.39 is 0 Å². The third-order valence-electron chi connectivity index (χ3n) is 4.87. The van der Waals surface area contributed by atoms with Crippen LogP contribution in [0.5, 0.6) is 0 Å². The first-order valence-corrected chi connectivity index (χ1v) is 8.83. The molecule has 6 nitrogen and oxygen atoms in total. The molecule has 1 amide bonds. The third-order valence-corrected chi connectivity index (χ3v) is 4.87. The zero-order valence-electron chi connectivity index (χ0n) is 14.2. The second-order valence-electron chi connectivity index (χ2n) is 6.42. The van der Waals surface area contributed by atoms with Crippen molar-refractivity contribution in [2.45, 2.75) is 18.9 Å². The summed E-state index contributed by atoms with van der Waals surface area (Å²) in [6.07, 6.45) is 5.45. The van der Waals surface area contributed by atoms with Gasteiger partial charge in [-0.3, -0.25) is 9.78 Å². The first kappa shape index (κ1) is 16.0. The fourth-order valence-corrected chi connectivity index (χ4v) is 3.55. The van der Waals surface area contributed by atoms with Crippen LogP contribution in [0.15, 0.2) is 42.7 Å². The van der Waals surface area contributed by atoms with Gasteiger partial charge in [-0.1, -0.05) is 6.07 Å². The quantitative estimate of drug-likeness (QED) is 0.859. The molecular formula is C19H22N4O2. The van der Waals surface area contributed by atoms with Crippen LogP contribution in [-0.2, 0) is 4.74 Å². The van der Waals surface area contributed by atoms with E-state index in [2.05, 4.69) is 14.9 Å². The summed E-state index contributed by atoms with van der Waals surface area (Å²) in [4.78, 5) is 26.0. The number of pyridine rings is 2. The molecule has 2 saturated heterocycles. The number of nitrogens with zero attached hydrogens (tertiary/aromatic N) is 4. The Balaban J connectivity index is 1.50. The molecule has 2 aliphatic rings. The van der Waals surface area contributed by atoms with Crippen molar-refractivity contribution in [1.82, 2.24) is 14.9 Å². The maximum absolute atomic E-state index is 12.9. The van der Waals surface area contributed by atoms with Gasteiger partial charge in [0.2, 0.25) is 0 Å². The highest BCUT2D eigenvalue weighted by Crippen LogP contribution is 2.32. The Morgan fingerprint density at radius 3 is 2.68 bits per heavy atom. The standard InChI is InChI=1S/C19H22N4O2/c24-19(23-9-3-5-17(23)16-4-1-2-8-20-16)15-6-7-18(21-14-15)22-10-12-25-13-11-22/h1-2,4,6-8,14,17H,3,5,9-13H2. The molecule has 0 spiro atoms. The monoisotopic (exact) mass is 338 g/mol. The van der Waals surface area contributed by atoms with Gasteiger partial charge in [-0.05, 0) is 37.1 Å². The third kappa shape index (κ3) is 3.35. The van der Waals surface area contributed by atoms with E-state index in [0.29, 0.717) is 5.56 Å². The van der Waals surface area contributed by atoms with Gasteiger partial charge in [-0.15, -0.1) is 0 Å². The number of carbonyl (C=O) groups is 1. The summed E-state index contributed by atoms with van der Waals surface area (Å²) < 4.78 is 5.37. The Labute approximate surface area is 147 Å². The molecule has 4 heterocycles. The second kappa shape index (κ2) is 7.19.